The Balaban J connectivity index is -0.000000499. The summed E-state index contributed by atoms with van der Waals surface area (Å²) < 4.78 is 0. The van der Waals surface area contributed by atoms with Crippen molar-refractivity contribution in [2.24, 2.45) is 0 Å². The average Bonchev–Trinajstić information content (AvgIpc) is 2.71. The second kappa shape index (κ2) is 33.8. The van der Waals surface area contributed by atoms with E-state index in [1.54, 1.807) is 0 Å². The fraction of sp³-hybridized carbons (Fsp3) is 0.950. The summed E-state index contributed by atoms with van der Waals surface area (Å²) in [4.78, 5) is 19.2. The zero-order valence-electron chi connectivity index (χ0n) is 19.2. The van der Waals surface area contributed by atoms with Crippen LogP contribution < -0.4 is 5.64 Å². The van der Waals surface area contributed by atoms with Gasteiger partial charge < -0.3 is 30.4 Å². The number of hydrogen-bond donors (Lipinski definition) is 7. The molecule has 0 radical (unpaired) electrons. The largest absolute Gasteiger partial charge is 0.631 e. The van der Waals surface area contributed by atoms with Crippen LogP contribution in [0.15, 0.2) is 0 Å². The lowest BCUT2D eigenvalue weighted by Gasteiger charge is -2.02. The predicted molar refractivity (Wildman–Crippen MR) is 120 cm³/mol. The van der Waals surface area contributed by atoms with Crippen LogP contribution in [0.2, 0.25) is 0 Å². The van der Waals surface area contributed by atoms with Crippen molar-refractivity contribution in [2.45, 2.75) is 96.8 Å². The monoisotopic (exact) mass is 455 g/mol. The Morgan fingerprint density at radius 1 is 0.710 bits per heavy atom. The zero-order chi connectivity index (χ0) is 24.0. The van der Waals surface area contributed by atoms with Crippen molar-refractivity contribution in [2.75, 3.05) is 26.4 Å². The molecule has 188 valence electrons. The first-order chi connectivity index (χ1) is 14.9. The zero-order valence-corrected chi connectivity index (χ0v) is 19.2. The maximum absolute atomic E-state index is 10.3. The van der Waals surface area contributed by atoms with Gasteiger partial charge in [0.1, 0.15) is 0 Å². The van der Waals surface area contributed by atoms with Gasteiger partial charge in [-0.2, -0.15) is 0 Å². The Hall–Kier alpha value is -0.785. The number of unbranched alkanes of at least 4 members (excludes halogenated alkanes) is 12. The fourth-order valence-corrected chi connectivity index (χ4v) is 2.51. The van der Waals surface area contributed by atoms with Crippen molar-refractivity contribution < 1.29 is 44.9 Å². The van der Waals surface area contributed by atoms with Crippen LogP contribution in [0.4, 0.5) is 0 Å². The van der Waals surface area contributed by atoms with Gasteiger partial charge in [-0.15, -0.1) is 0 Å². The minimum Gasteiger partial charge on any atom is -0.481 e. The van der Waals surface area contributed by atoms with Gasteiger partial charge in [-0.1, -0.05) is 89.6 Å². The molecule has 0 aliphatic rings. The third-order valence-corrected chi connectivity index (χ3v) is 4.00. The summed E-state index contributed by atoms with van der Waals surface area (Å²) in [6.45, 7) is 2.48. The number of carboxylic acids is 1. The normalized spacial score (nSPS) is 10.0. The van der Waals surface area contributed by atoms with Crippen LogP contribution in [0.5, 0.6) is 0 Å². The molecule has 0 spiro atoms. The first kappa shape index (κ1) is 34.8. The van der Waals surface area contributed by atoms with Gasteiger partial charge in [0.15, 0.2) is 0 Å². The van der Waals surface area contributed by atoms with E-state index in [1.165, 1.54) is 70.6 Å². The van der Waals surface area contributed by atoms with Crippen LogP contribution in [0.1, 0.15) is 96.8 Å². The Morgan fingerprint density at radius 3 is 1.32 bits per heavy atom. The highest BCUT2D eigenvalue weighted by atomic mass is 16.9. The number of aliphatic carboxylic acids is 1. The highest BCUT2D eigenvalue weighted by molar-refractivity contribution is 6.30. The molecule has 0 saturated heterocycles. The molecule has 0 saturated carbocycles. The van der Waals surface area contributed by atoms with Gasteiger partial charge in [-0.25, -0.2) is 0 Å². The van der Waals surface area contributed by atoms with Crippen molar-refractivity contribution >= 4 is 13.3 Å². The molecule has 31 heavy (non-hydrogen) atoms. The summed E-state index contributed by atoms with van der Waals surface area (Å²) in [5.74, 6) is -0.655. The fourth-order valence-electron chi connectivity index (χ4n) is 2.51. The van der Waals surface area contributed by atoms with Crippen molar-refractivity contribution in [3.05, 3.63) is 0 Å². The number of hydrogen-bond acceptors (Lipinski definition) is 9. The molecular formula is C20H46BNO9. The first-order valence-electron chi connectivity index (χ1n) is 11.4. The standard InChI is InChI=1S/C16H32O2.C4H11NO4.BH3O3/c1-2-3-4-5-6-7-8-9-10-11-12-13-14-15-16(17)18;6-1-3-8-5-9-4-2-7;2-1(3)4/h2-15H2,1H3,(H,17,18);5-7H,1-4H2;2-4H. The van der Waals surface area contributed by atoms with Crippen LogP contribution in [-0.4, -0.2) is 70.1 Å². The molecule has 0 aromatic carbocycles. The molecule has 0 aliphatic heterocycles. The van der Waals surface area contributed by atoms with Gasteiger partial charge in [0, 0.05) is 6.42 Å². The van der Waals surface area contributed by atoms with Crippen LogP contribution in [0.3, 0.4) is 0 Å². The molecule has 11 heteroatoms. The van der Waals surface area contributed by atoms with E-state index in [0.29, 0.717) is 6.42 Å². The average molecular weight is 455 g/mol. The van der Waals surface area contributed by atoms with Crippen LogP contribution >= 0.6 is 0 Å². The summed E-state index contributed by atoms with van der Waals surface area (Å²) in [6, 6.07) is 0. The van der Waals surface area contributed by atoms with Crippen molar-refractivity contribution in [3.8, 4) is 0 Å². The van der Waals surface area contributed by atoms with Gasteiger partial charge in [-0.05, 0) is 6.42 Å². The van der Waals surface area contributed by atoms with E-state index in [2.05, 4.69) is 22.2 Å². The van der Waals surface area contributed by atoms with E-state index in [0.717, 1.165) is 12.8 Å². The number of aliphatic hydroxyl groups excluding tert-OH is 2. The second-order valence-corrected chi connectivity index (χ2v) is 6.96. The van der Waals surface area contributed by atoms with Crippen molar-refractivity contribution in [1.82, 2.24) is 5.64 Å². The van der Waals surface area contributed by atoms with Crippen LogP contribution in [0.25, 0.3) is 0 Å². The van der Waals surface area contributed by atoms with E-state index in [9.17, 15) is 4.79 Å². The predicted octanol–water partition coefficient (Wildman–Crippen LogP) is 1.92. The Morgan fingerprint density at radius 2 is 1.03 bits per heavy atom. The lowest BCUT2D eigenvalue weighted by atomic mass is 10.0. The third kappa shape index (κ3) is 53.0. The van der Waals surface area contributed by atoms with Gasteiger partial charge in [-0.3, -0.25) is 14.5 Å². The molecule has 0 atom stereocenters. The minimum atomic E-state index is -2.17. The molecule has 0 aromatic heterocycles. The summed E-state index contributed by atoms with van der Waals surface area (Å²) in [5.41, 5.74) is 2.07. The Kier molecular flexibility index (Phi) is 38.0. The highest BCUT2D eigenvalue weighted by Gasteiger charge is 1.97. The van der Waals surface area contributed by atoms with E-state index in [4.69, 9.17) is 30.4 Å². The number of carboxylic acid groups (broad SMARTS) is 1. The Labute approximate surface area is 187 Å². The molecule has 0 amide bonds. The number of nitrogens with one attached hydrogen (secondary N) is 1. The van der Waals surface area contributed by atoms with E-state index >= 15 is 0 Å². The molecule has 10 nitrogen and oxygen atoms in total. The van der Waals surface area contributed by atoms with Crippen LogP contribution in [0, 0.1) is 0 Å². The Bertz CT molecular complexity index is 318. The molecular weight excluding hydrogens is 409 g/mol. The summed E-state index contributed by atoms with van der Waals surface area (Å²) in [5, 5.41) is 46.3. The topological polar surface area (TPSA) is 169 Å². The first-order valence-corrected chi connectivity index (χ1v) is 11.4. The molecule has 0 aliphatic carbocycles. The molecule has 0 rings (SSSR count). The molecule has 0 aromatic rings. The minimum absolute atomic E-state index is 0.0600. The van der Waals surface area contributed by atoms with Gasteiger partial charge in [0.2, 0.25) is 0 Å². The van der Waals surface area contributed by atoms with Crippen LogP contribution in [-0.2, 0) is 14.5 Å². The van der Waals surface area contributed by atoms with E-state index in [-0.39, 0.29) is 26.4 Å². The third-order valence-electron chi connectivity index (χ3n) is 4.00. The maximum Gasteiger partial charge on any atom is 0.631 e. The molecule has 0 bridgehead atoms. The van der Waals surface area contributed by atoms with Gasteiger partial charge in [0.25, 0.3) is 0 Å². The SMILES string of the molecule is CCCCCCCCCCCCCCCC(=O)O.OB(O)O.OCCONOCCO. The maximum atomic E-state index is 10.3. The van der Waals surface area contributed by atoms with Crippen molar-refractivity contribution in [3.63, 3.8) is 0 Å². The van der Waals surface area contributed by atoms with Gasteiger partial charge >= 0.3 is 13.3 Å². The summed E-state index contributed by atoms with van der Waals surface area (Å²) in [7, 11) is -2.17. The summed E-state index contributed by atoms with van der Waals surface area (Å²) >= 11 is 0. The second-order valence-electron chi connectivity index (χ2n) is 6.96. The van der Waals surface area contributed by atoms with E-state index < -0.39 is 13.3 Å². The van der Waals surface area contributed by atoms with Crippen molar-refractivity contribution in [1.29, 1.82) is 0 Å². The number of carbonyl (C=O) groups is 1. The molecule has 0 unspecified atom stereocenters. The quantitative estimate of drug-likeness (QED) is 0.0818. The van der Waals surface area contributed by atoms with Gasteiger partial charge in [0.05, 0.1) is 26.4 Å². The lowest BCUT2D eigenvalue weighted by molar-refractivity contribution is -0.178. The lowest BCUT2D eigenvalue weighted by Crippen LogP contribution is -2.19. The highest BCUT2D eigenvalue weighted by Crippen LogP contribution is 2.12. The summed E-state index contributed by atoms with van der Waals surface area (Å²) in [6.07, 6.45) is 17.3. The molecule has 0 fully saturated rings. The number of aliphatic hydroxyl groups is 2. The molecule has 7 N–H and O–H groups in total. The van der Waals surface area contributed by atoms with E-state index in [1.807, 2.05) is 0 Å². The number of rotatable bonds is 20. The molecule has 0 heterocycles. The smallest absolute Gasteiger partial charge is 0.481 e.